The first-order chi connectivity index (χ1) is 8.82. The Bertz CT molecular complexity index is 445. The predicted molar refractivity (Wildman–Crippen MR) is 69.2 cm³/mol. The van der Waals surface area contributed by atoms with E-state index in [0.29, 0.717) is 24.8 Å². The average molecular weight is 266 g/mol. The van der Waals surface area contributed by atoms with Crippen molar-refractivity contribution in [3.63, 3.8) is 0 Å². The van der Waals surface area contributed by atoms with Gasteiger partial charge < -0.3 is 14.9 Å². The van der Waals surface area contributed by atoms with Gasteiger partial charge in [-0.1, -0.05) is 20.4 Å². The Balaban J connectivity index is 2.08. The third-order valence-corrected chi connectivity index (χ3v) is 5.92. The molecule has 0 aromatic rings. The van der Waals surface area contributed by atoms with E-state index >= 15 is 0 Å². The second-order valence-electron chi connectivity index (χ2n) is 6.69. The minimum atomic E-state index is -1.28. The quantitative estimate of drug-likeness (QED) is 0.514. The van der Waals surface area contributed by atoms with Gasteiger partial charge >= 0.3 is 5.97 Å². The van der Waals surface area contributed by atoms with Crippen molar-refractivity contribution in [1.82, 2.24) is 0 Å². The molecule has 0 unspecified atom stereocenters. The van der Waals surface area contributed by atoms with Gasteiger partial charge in [-0.2, -0.15) is 0 Å². The third-order valence-electron chi connectivity index (χ3n) is 5.92. The highest BCUT2D eigenvalue weighted by Gasteiger charge is 2.67. The highest BCUT2D eigenvalue weighted by molar-refractivity contribution is 5.75. The molecular formula is C15H22O4. The molecule has 1 saturated heterocycles. The highest BCUT2D eigenvalue weighted by Crippen LogP contribution is 2.59. The van der Waals surface area contributed by atoms with Crippen molar-refractivity contribution in [2.45, 2.75) is 57.3 Å². The van der Waals surface area contributed by atoms with Gasteiger partial charge in [0.15, 0.2) is 0 Å². The first kappa shape index (κ1) is 13.1. The van der Waals surface area contributed by atoms with Crippen LogP contribution in [0.5, 0.6) is 0 Å². The van der Waals surface area contributed by atoms with E-state index in [1.807, 2.05) is 13.8 Å². The van der Waals surface area contributed by atoms with Crippen LogP contribution < -0.4 is 0 Å². The van der Waals surface area contributed by atoms with E-state index in [9.17, 15) is 15.0 Å². The van der Waals surface area contributed by atoms with E-state index in [1.54, 1.807) is 0 Å². The lowest BCUT2D eigenvalue weighted by atomic mass is 9.51. The topological polar surface area (TPSA) is 66.8 Å². The summed E-state index contributed by atoms with van der Waals surface area (Å²) in [5, 5.41) is 21.6. The molecule has 2 saturated carbocycles. The number of aliphatic hydroxyl groups is 2. The lowest BCUT2D eigenvalue weighted by Gasteiger charge is -2.58. The number of fused-ring (bicyclic) bond motifs is 3. The summed E-state index contributed by atoms with van der Waals surface area (Å²) >= 11 is 0. The molecule has 6 atom stereocenters. The molecule has 0 spiro atoms. The highest BCUT2D eigenvalue weighted by atomic mass is 16.6. The molecule has 3 fully saturated rings. The van der Waals surface area contributed by atoms with Gasteiger partial charge in [0.2, 0.25) is 0 Å². The van der Waals surface area contributed by atoms with E-state index in [1.165, 1.54) is 0 Å². The van der Waals surface area contributed by atoms with Gasteiger partial charge in [-0.15, -0.1) is 0 Å². The number of hydrogen-bond donors (Lipinski definition) is 2. The van der Waals surface area contributed by atoms with Gasteiger partial charge in [-0.05, 0) is 31.3 Å². The van der Waals surface area contributed by atoms with Crippen molar-refractivity contribution >= 4 is 5.97 Å². The van der Waals surface area contributed by atoms with E-state index in [0.717, 1.165) is 6.42 Å². The summed E-state index contributed by atoms with van der Waals surface area (Å²) in [7, 11) is 0. The minimum absolute atomic E-state index is 0.0348. The molecule has 106 valence electrons. The van der Waals surface area contributed by atoms with Gasteiger partial charge in [0.1, 0.15) is 11.7 Å². The number of carbonyl (C=O) groups excluding carboxylic acids is 1. The molecule has 0 aromatic carbocycles. The van der Waals surface area contributed by atoms with E-state index in [4.69, 9.17) is 4.74 Å². The smallest absolute Gasteiger partial charge is 0.309 e. The molecule has 2 N–H and O–H groups in total. The van der Waals surface area contributed by atoms with Gasteiger partial charge in [0, 0.05) is 11.3 Å². The van der Waals surface area contributed by atoms with Crippen molar-refractivity contribution in [3.05, 3.63) is 12.2 Å². The van der Waals surface area contributed by atoms with Crippen LogP contribution in [0.15, 0.2) is 12.2 Å². The lowest BCUT2D eigenvalue weighted by Crippen LogP contribution is -2.67. The number of esters is 1. The zero-order valence-corrected chi connectivity index (χ0v) is 11.6. The van der Waals surface area contributed by atoms with Gasteiger partial charge in [-0.25, -0.2) is 0 Å². The van der Waals surface area contributed by atoms with Crippen molar-refractivity contribution in [2.24, 2.45) is 17.3 Å². The summed E-state index contributed by atoms with van der Waals surface area (Å²) in [4.78, 5) is 11.8. The Morgan fingerprint density at radius 3 is 2.79 bits per heavy atom. The fraction of sp³-hybridized carbons (Fsp3) is 0.800. The molecule has 0 radical (unpaired) electrons. The van der Waals surface area contributed by atoms with Gasteiger partial charge in [0.05, 0.1) is 12.0 Å². The molecule has 3 aliphatic rings. The van der Waals surface area contributed by atoms with Crippen LogP contribution in [0.2, 0.25) is 0 Å². The second kappa shape index (κ2) is 3.83. The molecule has 3 rings (SSSR count). The fourth-order valence-electron chi connectivity index (χ4n) is 4.38. The maximum absolute atomic E-state index is 11.8. The standard InChI is InChI=1S/C15H22O4/c1-8-4-5-11(16)14(3)7-6-10-9(2)13(17)19-12(10)15(8,14)18/h9-12,16,18H,1,4-7H2,2-3H3/t9-,10-,11-,12-,14-,15+/m1/s1. The lowest BCUT2D eigenvalue weighted by molar-refractivity contribution is -0.216. The molecule has 2 aliphatic carbocycles. The Kier molecular flexibility index (Phi) is 2.64. The van der Waals surface area contributed by atoms with Crippen LogP contribution >= 0.6 is 0 Å². The van der Waals surface area contributed by atoms with Crippen LogP contribution in [0.4, 0.5) is 0 Å². The zero-order chi connectivity index (χ0) is 14.0. The molecule has 4 heteroatoms. The summed E-state index contributed by atoms with van der Waals surface area (Å²) in [6, 6.07) is 0. The van der Waals surface area contributed by atoms with Crippen molar-refractivity contribution < 1.29 is 19.7 Å². The van der Waals surface area contributed by atoms with Gasteiger partial charge in [0.25, 0.3) is 0 Å². The summed E-state index contributed by atoms with van der Waals surface area (Å²) in [5.41, 5.74) is -1.24. The summed E-state index contributed by atoms with van der Waals surface area (Å²) in [6.07, 6.45) is 1.60. The number of rotatable bonds is 0. The van der Waals surface area contributed by atoms with Crippen LogP contribution in [0, 0.1) is 17.3 Å². The van der Waals surface area contributed by atoms with Crippen LogP contribution in [0.3, 0.4) is 0 Å². The monoisotopic (exact) mass is 266 g/mol. The number of carbonyl (C=O) groups is 1. The van der Waals surface area contributed by atoms with E-state index < -0.39 is 23.2 Å². The largest absolute Gasteiger partial charge is 0.458 e. The molecule has 4 nitrogen and oxygen atoms in total. The average Bonchev–Trinajstić information content (AvgIpc) is 2.66. The van der Waals surface area contributed by atoms with Crippen LogP contribution in [-0.4, -0.2) is 34.0 Å². The Morgan fingerprint density at radius 1 is 1.42 bits per heavy atom. The Morgan fingerprint density at radius 2 is 2.11 bits per heavy atom. The fourth-order valence-corrected chi connectivity index (χ4v) is 4.38. The van der Waals surface area contributed by atoms with Crippen LogP contribution in [0.1, 0.15) is 39.5 Å². The Hall–Kier alpha value is -0.870. The predicted octanol–water partition coefficient (Wildman–Crippen LogP) is 1.41. The molecule has 0 aromatic heterocycles. The maximum Gasteiger partial charge on any atom is 0.309 e. The molecular weight excluding hydrogens is 244 g/mol. The SMILES string of the molecule is C=C1CC[C@@H](O)[C@@]2(C)CC[C@H]3[C@@H](OC(=O)[C@@H]3C)[C@@]12O. The van der Waals surface area contributed by atoms with Crippen LogP contribution in [0.25, 0.3) is 0 Å². The summed E-state index contributed by atoms with van der Waals surface area (Å²) < 4.78 is 5.47. The molecule has 1 aliphatic heterocycles. The summed E-state index contributed by atoms with van der Waals surface area (Å²) in [5.74, 6) is -0.376. The second-order valence-corrected chi connectivity index (χ2v) is 6.69. The molecule has 0 bridgehead atoms. The molecule has 19 heavy (non-hydrogen) atoms. The number of ether oxygens (including phenoxy) is 1. The molecule has 0 amide bonds. The Labute approximate surface area is 113 Å². The van der Waals surface area contributed by atoms with Gasteiger partial charge in [-0.3, -0.25) is 4.79 Å². The normalized spacial score (nSPS) is 53.5. The van der Waals surface area contributed by atoms with Crippen molar-refractivity contribution in [2.75, 3.05) is 0 Å². The van der Waals surface area contributed by atoms with Crippen molar-refractivity contribution in [1.29, 1.82) is 0 Å². The first-order valence-electron chi connectivity index (χ1n) is 7.11. The third kappa shape index (κ3) is 1.39. The van der Waals surface area contributed by atoms with Crippen LogP contribution in [-0.2, 0) is 9.53 Å². The maximum atomic E-state index is 11.8. The number of aliphatic hydroxyl groups excluding tert-OH is 1. The first-order valence-corrected chi connectivity index (χ1v) is 7.11. The summed E-state index contributed by atoms with van der Waals surface area (Å²) in [6.45, 7) is 7.77. The molecule has 1 heterocycles. The van der Waals surface area contributed by atoms with E-state index in [2.05, 4.69) is 6.58 Å². The van der Waals surface area contributed by atoms with E-state index in [-0.39, 0.29) is 17.8 Å². The minimum Gasteiger partial charge on any atom is -0.458 e. The zero-order valence-electron chi connectivity index (χ0n) is 11.6. The van der Waals surface area contributed by atoms with Crippen molar-refractivity contribution in [3.8, 4) is 0 Å². The number of hydrogen-bond acceptors (Lipinski definition) is 4.